The van der Waals surface area contributed by atoms with Gasteiger partial charge in [-0.1, -0.05) is 11.6 Å². The van der Waals surface area contributed by atoms with Crippen LogP contribution in [0, 0.1) is 14.9 Å². The molecule has 0 spiro atoms. The number of hydrogen-bond acceptors (Lipinski definition) is 2. The van der Waals surface area contributed by atoms with Crippen LogP contribution in [0.25, 0.3) is 0 Å². The summed E-state index contributed by atoms with van der Waals surface area (Å²) >= 11 is 7.94. The second-order valence-corrected chi connectivity index (χ2v) is 3.77. The van der Waals surface area contributed by atoms with E-state index in [9.17, 15) is 0 Å². The summed E-state index contributed by atoms with van der Waals surface area (Å²) in [4.78, 5) is 0. The standard InChI is InChI=1S/C8H6ClIN2/c9-7-1-2-8(10)6(4-12)5(7)3-11/h1-2H,3,11H2. The molecule has 0 bridgehead atoms. The maximum Gasteiger partial charge on any atom is 0.101 e. The van der Waals surface area contributed by atoms with Crippen molar-refractivity contribution in [3.63, 3.8) is 0 Å². The third-order valence-electron chi connectivity index (χ3n) is 1.52. The number of nitrogens with two attached hydrogens (primary N) is 1. The van der Waals surface area contributed by atoms with Crippen molar-refractivity contribution in [3.05, 3.63) is 31.9 Å². The van der Waals surface area contributed by atoms with Crippen LogP contribution in [-0.2, 0) is 6.54 Å². The van der Waals surface area contributed by atoms with E-state index in [1.165, 1.54) is 0 Å². The molecule has 0 fully saturated rings. The van der Waals surface area contributed by atoms with E-state index in [2.05, 4.69) is 28.7 Å². The van der Waals surface area contributed by atoms with Crippen molar-refractivity contribution in [3.8, 4) is 6.07 Å². The number of hydrogen-bond donors (Lipinski definition) is 1. The highest BCUT2D eigenvalue weighted by molar-refractivity contribution is 14.1. The van der Waals surface area contributed by atoms with Gasteiger partial charge in [-0.25, -0.2) is 0 Å². The highest BCUT2D eigenvalue weighted by Crippen LogP contribution is 2.23. The second kappa shape index (κ2) is 4.08. The van der Waals surface area contributed by atoms with Crippen molar-refractivity contribution >= 4 is 34.2 Å². The summed E-state index contributed by atoms with van der Waals surface area (Å²) in [5.74, 6) is 0. The van der Waals surface area contributed by atoms with E-state index in [4.69, 9.17) is 22.6 Å². The van der Waals surface area contributed by atoms with E-state index < -0.39 is 0 Å². The fourth-order valence-corrected chi connectivity index (χ4v) is 1.77. The summed E-state index contributed by atoms with van der Waals surface area (Å²) in [6.45, 7) is 0.304. The van der Waals surface area contributed by atoms with Gasteiger partial charge in [0.2, 0.25) is 0 Å². The zero-order valence-corrected chi connectivity index (χ0v) is 9.06. The first-order valence-electron chi connectivity index (χ1n) is 3.27. The van der Waals surface area contributed by atoms with Gasteiger partial charge in [-0.05, 0) is 34.7 Å². The molecule has 0 saturated heterocycles. The molecule has 12 heavy (non-hydrogen) atoms. The lowest BCUT2D eigenvalue weighted by atomic mass is 10.1. The van der Waals surface area contributed by atoms with Crippen molar-refractivity contribution in [1.29, 1.82) is 5.26 Å². The van der Waals surface area contributed by atoms with E-state index >= 15 is 0 Å². The lowest BCUT2D eigenvalue weighted by molar-refractivity contribution is 1.06. The Bertz CT molecular complexity index is 344. The van der Waals surface area contributed by atoms with Gasteiger partial charge in [0.15, 0.2) is 0 Å². The summed E-state index contributed by atoms with van der Waals surface area (Å²) in [5, 5.41) is 9.35. The van der Waals surface area contributed by atoms with Gasteiger partial charge in [0, 0.05) is 20.7 Å². The van der Waals surface area contributed by atoms with Crippen LogP contribution in [0.3, 0.4) is 0 Å². The Kier molecular flexibility index (Phi) is 3.32. The van der Waals surface area contributed by atoms with Crippen LogP contribution in [-0.4, -0.2) is 0 Å². The molecule has 1 rings (SSSR count). The zero-order valence-electron chi connectivity index (χ0n) is 6.14. The number of nitrogens with zero attached hydrogens (tertiary/aromatic N) is 1. The SMILES string of the molecule is N#Cc1c(I)ccc(Cl)c1CN. The minimum atomic E-state index is 0.304. The molecule has 0 aliphatic carbocycles. The van der Waals surface area contributed by atoms with Crippen LogP contribution in [0.5, 0.6) is 0 Å². The number of nitriles is 1. The average Bonchev–Trinajstić information content (AvgIpc) is 2.08. The van der Waals surface area contributed by atoms with Crippen LogP contribution in [0.2, 0.25) is 5.02 Å². The molecule has 1 aromatic rings. The molecule has 0 aromatic heterocycles. The van der Waals surface area contributed by atoms with Gasteiger partial charge < -0.3 is 5.73 Å². The highest BCUT2D eigenvalue weighted by Gasteiger charge is 2.08. The van der Waals surface area contributed by atoms with E-state index in [0.29, 0.717) is 17.1 Å². The Hall–Kier alpha value is -0.310. The molecule has 0 amide bonds. The Morgan fingerprint density at radius 3 is 2.67 bits per heavy atom. The summed E-state index contributed by atoms with van der Waals surface area (Å²) < 4.78 is 0.889. The molecule has 2 nitrogen and oxygen atoms in total. The molecule has 0 unspecified atom stereocenters. The van der Waals surface area contributed by atoms with Crippen molar-refractivity contribution in [2.45, 2.75) is 6.54 Å². The van der Waals surface area contributed by atoms with Gasteiger partial charge in [0.1, 0.15) is 6.07 Å². The van der Waals surface area contributed by atoms with Gasteiger partial charge in [-0.3, -0.25) is 0 Å². The molecule has 0 heterocycles. The Morgan fingerprint density at radius 2 is 2.25 bits per heavy atom. The third kappa shape index (κ3) is 1.71. The number of rotatable bonds is 1. The van der Waals surface area contributed by atoms with E-state index in [-0.39, 0.29) is 0 Å². The Morgan fingerprint density at radius 1 is 1.58 bits per heavy atom. The minimum Gasteiger partial charge on any atom is -0.326 e. The minimum absolute atomic E-state index is 0.304. The molecule has 2 N–H and O–H groups in total. The Balaban J connectivity index is 3.41. The molecule has 62 valence electrons. The van der Waals surface area contributed by atoms with E-state index in [1.807, 2.05) is 0 Å². The van der Waals surface area contributed by atoms with Crippen molar-refractivity contribution in [2.75, 3.05) is 0 Å². The quantitative estimate of drug-likeness (QED) is 0.807. The van der Waals surface area contributed by atoms with Crippen LogP contribution in [0.15, 0.2) is 12.1 Å². The molecule has 0 saturated carbocycles. The fourth-order valence-electron chi connectivity index (χ4n) is 0.914. The van der Waals surface area contributed by atoms with Gasteiger partial charge in [0.25, 0.3) is 0 Å². The second-order valence-electron chi connectivity index (χ2n) is 2.20. The molecule has 4 heteroatoms. The van der Waals surface area contributed by atoms with Gasteiger partial charge >= 0.3 is 0 Å². The van der Waals surface area contributed by atoms with Crippen LogP contribution in [0.4, 0.5) is 0 Å². The highest BCUT2D eigenvalue weighted by atomic mass is 127. The molecule has 0 atom stereocenters. The first-order valence-corrected chi connectivity index (χ1v) is 4.73. The predicted octanol–water partition coefficient (Wildman–Crippen LogP) is 2.27. The first-order chi connectivity index (χ1) is 5.70. The summed E-state index contributed by atoms with van der Waals surface area (Å²) in [6.07, 6.45) is 0. The number of benzene rings is 1. The van der Waals surface area contributed by atoms with Crippen LogP contribution < -0.4 is 5.73 Å². The molecule has 1 aromatic carbocycles. The molecular formula is C8H6ClIN2. The molecule has 0 radical (unpaired) electrons. The van der Waals surface area contributed by atoms with Gasteiger partial charge in [0.05, 0.1) is 5.56 Å². The van der Waals surface area contributed by atoms with Crippen molar-refractivity contribution < 1.29 is 0 Å². The van der Waals surface area contributed by atoms with Crippen LogP contribution >= 0.6 is 34.2 Å². The summed E-state index contributed by atoms with van der Waals surface area (Å²) in [7, 11) is 0. The average molecular weight is 293 g/mol. The largest absolute Gasteiger partial charge is 0.326 e. The maximum atomic E-state index is 8.79. The zero-order chi connectivity index (χ0) is 9.14. The monoisotopic (exact) mass is 292 g/mol. The lowest BCUT2D eigenvalue weighted by Gasteiger charge is -2.04. The number of halogens is 2. The molecule has 0 aliphatic rings. The predicted molar refractivity (Wildman–Crippen MR) is 56.8 cm³/mol. The van der Waals surface area contributed by atoms with E-state index in [1.54, 1.807) is 12.1 Å². The lowest BCUT2D eigenvalue weighted by Crippen LogP contribution is -2.01. The topological polar surface area (TPSA) is 49.8 Å². The summed E-state index contributed by atoms with van der Waals surface area (Å²) in [6, 6.07) is 5.65. The van der Waals surface area contributed by atoms with Crippen LogP contribution in [0.1, 0.15) is 11.1 Å². The smallest absolute Gasteiger partial charge is 0.101 e. The van der Waals surface area contributed by atoms with E-state index in [0.717, 1.165) is 9.13 Å². The molecule has 0 aliphatic heterocycles. The fraction of sp³-hybridized carbons (Fsp3) is 0.125. The van der Waals surface area contributed by atoms with Crippen molar-refractivity contribution in [2.24, 2.45) is 5.73 Å². The third-order valence-corrected chi connectivity index (χ3v) is 2.77. The van der Waals surface area contributed by atoms with Gasteiger partial charge in [-0.2, -0.15) is 5.26 Å². The normalized spacial score (nSPS) is 9.50. The molecular weight excluding hydrogens is 286 g/mol. The first kappa shape index (κ1) is 9.78. The summed E-state index contributed by atoms with van der Waals surface area (Å²) in [5.41, 5.74) is 6.77. The Labute approximate surface area is 89.5 Å². The maximum absolute atomic E-state index is 8.79. The van der Waals surface area contributed by atoms with Crippen molar-refractivity contribution in [1.82, 2.24) is 0 Å². The van der Waals surface area contributed by atoms with Gasteiger partial charge in [-0.15, -0.1) is 0 Å².